The molecule has 0 saturated carbocycles. The number of ether oxygens (including phenoxy) is 2. The average molecular weight is 743 g/mol. The highest BCUT2D eigenvalue weighted by molar-refractivity contribution is 6.99. The number of carboxylic acids is 1. The Morgan fingerprint density at radius 3 is 2.08 bits per heavy atom. The first-order valence-corrected chi connectivity index (χ1v) is 20.8. The van der Waals surface area contributed by atoms with Crippen molar-refractivity contribution in [1.82, 2.24) is 14.6 Å². The lowest BCUT2D eigenvalue weighted by Crippen LogP contribution is -2.67. The van der Waals surface area contributed by atoms with Gasteiger partial charge in [0, 0.05) is 37.6 Å². The van der Waals surface area contributed by atoms with Crippen molar-refractivity contribution in [3.05, 3.63) is 83.7 Å². The summed E-state index contributed by atoms with van der Waals surface area (Å²) < 4.78 is 21.5. The fourth-order valence-corrected chi connectivity index (χ4v) is 12.4. The molecular formula is C42H58N4O6Si. The molecule has 0 bridgehead atoms. The Morgan fingerprint density at radius 1 is 0.981 bits per heavy atom. The van der Waals surface area contributed by atoms with Crippen LogP contribution in [0, 0.1) is 6.92 Å². The number of anilines is 1. The van der Waals surface area contributed by atoms with E-state index in [2.05, 4.69) is 110 Å². The average Bonchev–Trinajstić information content (AvgIpc) is 3.52. The van der Waals surface area contributed by atoms with Gasteiger partial charge in [0.15, 0.2) is 18.0 Å². The first kappa shape index (κ1) is 40.3. The second-order valence-corrected chi connectivity index (χ2v) is 21.0. The molecule has 2 aromatic heterocycles. The van der Waals surface area contributed by atoms with E-state index in [0.717, 1.165) is 32.1 Å². The molecule has 53 heavy (non-hydrogen) atoms. The summed E-state index contributed by atoms with van der Waals surface area (Å²) in [4.78, 5) is 31.1. The first-order chi connectivity index (χ1) is 25.0. The topological polar surface area (TPSA) is 115 Å². The van der Waals surface area contributed by atoms with Gasteiger partial charge in [-0.05, 0) is 89.1 Å². The molecule has 1 aliphatic rings. The van der Waals surface area contributed by atoms with Crippen LogP contribution >= 0.6 is 0 Å². The summed E-state index contributed by atoms with van der Waals surface area (Å²) in [5, 5.41) is 17.3. The van der Waals surface area contributed by atoms with Gasteiger partial charge in [-0.2, -0.15) is 9.61 Å². The van der Waals surface area contributed by atoms with E-state index in [0.29, 0.717) is 48.7 Å². The van der Waals surface area contributed by atoms with Crippen LogP contribution in [0.1, 0.15) is 115 Å². The van der Waals surface area contributed by atoms with E-state index in [9.17, 15) is 14.7 Å². The van der Waals surface area contributed by atoms with Gasteiger partial charge >= 0.3 is 5.97 Å². The summed E-state index contributed by atoms with van der Waals surface area (Å²) in [5.41, 5.74) is 0.635. The number of piperidine rings is 1. The van der Waals surface area contributed by atoms with Crippen LogP contribution in [0.5, 0.6) is 0 Å². The lowest BCUT2D eigenvalue weighted by molar-refractivity contribution is -0.160. The molecular weight excluding hydrogens is 685 g/mol. The van der Waals surface area contributed by atoms with Crippen molar-refractivity contribution in [1.29, 1.82) is 0 Å². The lowest BCUT2D eigenvalue weighted by atomic mass is 9.92. The third-order valence-corrected chi connectivity index (χ3v) is 15.4. The van der Waals surface area contributed by atoms with E-state index >= 15 is 0 Å². The lowest BCUT2D eigenvalue weighted by Gasteiger charge is -2.44. The standard InChI is InChI=1S/C42H58N4O6Si/c1-30(52-53(41(6,7)8,33-19-12-10-13-20-33)34-21-14-11-15-22-34)18-16-17-27-50-42(9)23-25-45(26-24-42)38-36(37(39(48)49)51-40(3,4)5)31(2)43-35-28-32(29-47)44-46(35)38/h10-15,19-22,28-30,37H,16-18,23-27H2,1-9H3,(H,48,49). The maximum atomic E-state index is 12.6. The number of rotatable bonds is 15. The number of carbonyl (C=O) groups is 2. The third-order valence-electron chi connectivity index (χ3n) is 10.3. The molecule has 5 rings (SSSR count). The monoisotopic (exact) mass is 742 g/mol. The van der Waals surface area contributed by atoms with Crippen molar-refractivity contribution in [2.24, 2.45) is 0 Å². The van der Waals surface area contributed by atoms with Crippen molar-refractivity contribution >= 4 is 42.4 Å². The van der Waals surface area contributed by atoms with E-state index < -0.39 is 26.0 Å². The Bertz CT molecular complexity index is 1800. The molecule has 2 atom stereocenters. The summed E-state index contributed by atoms with van der Waals surface area (Å²) >= 11 is 0. The molecule has 1 aliphatic heterocycles. The van der Waals surface area contributed by atoms with E-state index in [1.165, 1.54) is 10.4 Å². The zero-order chi connectivity index (χ0) is 38.6. The molecule has 4 aromatic rings. The van der Waals surface area contributed by atoms with Crippen molar-refractivity contribution in [2.75, 3.05) is 24.6 Å². The number of fused-ring (bicyclic) bond motifs is 1. The second-order valence-electron chi connectivity index (χ2n) is 16.7. The van der Waals surface area contributed by atoms with Crippen LogP contribution in [0.2, 0.25) is 5.04 Å². The molecule has 2 unspecified atom stereocenters. The zero-order valence-electron chi connectivity index (χ0n) is 33.0. The summed E-state index contributed by atoms with van der Waals surface area (Å²) in [6.07, 6.45) is 3.82. The number of aliphatic carboxylic acids is 1. The summed E-state index contributed by atoms with van der Waals surface area (Å²) in [6, 6.07) is 23.2. The van der Waals surface area contributed by atoms with E-state index in [4.69, 9.17) is 13.9 Å². The number of aromatic nitrogens is 3. The molecule has 2 aromatic carbocycles. The maximum Gasteiger partial charge on any atom is 0.337 e. The van der Waals surface area contributed by atoms with E-state index in [-0.39, 0.29) is 22.4 Å². The summed E-state index contributed by atoms with van der Waals surface area (Å²) in [5.74, 6) is -0.515. The number of aldehydes is 1. The van der Waals surface area contributed by atoms with Crippen molar-refractivity contribution < 1.29 is 28.6 Å². The van der Waals surface area contributed by atoms with Gasteiger partial charge in [0.25, 0.3) is 8.32 Å². The Balaban J connectivity index is 1.24. The minimum absolute atomic E-state index is 0.0691. The summed E-state index contributed by atoms with van der Waals surface area (Å²) in [6.45, 7) is 20.5. The summed E-state index contributed by atoms with van der Waals surface area (Å²) in [7, 11) is -2.61. The predicted octanol–water partition coefficient (Wildman–Crippen LogP) is 7.30. The fraction of sp³-hybridized carbons (Fsp3) is 0.524. The predicted molar refractivity (Wildman–Crippen MR) is 212 cm³/mol. The second kappa shape index (κ2) is 16.2. The molecule has 1 saturated heterocycles. The largest absolute Gasteiger partial charge is 0.479 e. The molecule has 1 fully saturated rings. The Labute approximate surface area is 316 Å². The number of nitrogens with zero attached hydrogens (tertiary/aromatic N) is 4. The van der Waals surface area contributed by atoms with Gasteiger partial charge in [0.1, 0.15) is 11.5 Å². The van der Waals surface area contributed by atoms with Crippen LogP contribution in [0.4, 0.5) is 5.82 Å². The number of carboxylic acid groups (broad SMARTS) is 1. The highest BCUT2D eigenvalue weighted by atomic mass is 28.4. The molecule has 0 spiro atoms. The van der Waals surface area contributed by atoms with Crippen LogP contribution < -0.4 is 15.3 Å². The number of aryl methyl sites for hydroxylation is 1. The van der Waals surface area contributed by atoms with E-state index in [1.807, 2.05) is 20.8 Å². The van der Waals surface area contributed by atoms with Gasteiger partial charge in [0.05, 0.1) is 16.8 Å². The van der Waals surface area contributed by atoms with Gasteiger partial charge in [0.2, 0.25) is 0 Å². The normalized spacial score (nSPS) is 16.4. The van der Waals surface area contributed by atoms with Gasteiger partial charge < -0.3 is 23.9 Å². The van der Waals surface area contributed by atoms with E-state index in [1.54, 1.807) is 17.5 Å². The molecule has 286 valence electrons. The number of unbranched alkanes of at least 4 members (excludes halogenated alkanes) is 1. The van der Waals surface area contributed by atoms with Crippen molar-refractivity contribution in [3.8, 4) is 0 Å². The number of hydrogen-bond donors (Lipinski definition) is 1. The minimum Gasteiger partial charge on any atom is -0.479 e. The molecule has 3 heterocycles. The van der Waals surface area contributed by atoms with Crippen LogP contribution in [0.3, 0.4) is 0 Å². The van der Waals surface area contributed by atoms with Crippen LogP contribution in [-0.2, 0) is 18.7 Å². The molecule has 0 aliphatic carbocycles. The zero-order valence-corrected chi connectivity index (χ0v) is 34.0. The van der Waals surface area contributed by atoms with Crippen LogP contribution in [0.15, 0.2) is 66.7 Å². The molecule has 1 N–H and O–H groups in total. The SMILES string of the molecule is Cc1nc2cc(C=O)nn2c(N2CCC(C)(OCCCCC(C)O[Si](c3ccccc3)(c3ccccc3)C(C)(C)C)CC2)c1C(OC(C)(C)C)C(=O)O. The number of hydrogen-bond acceptors (Lipinski definition) is 8. The van der Waals surface area contributed by atoms with Gasteiger partial charge in [-0.25, -0.2) is 9.78 Å². The van der Waals surface area contributed by atoms with Crippen LogP contribution in [0.25, 0.3) is 5.65 Å². The highest BCUT2D eigenvalue weighted by Crippen LogP contribution is 2.39. The first-order valence-electron chi connectivity index (χ1n) is 18.9. The van der Waals surface area contributed by atoms with Crippen LogP contribution in [-0.4, -0.2) is 77.3 Å². The van der Waals surface area contributed by atoms with Gasteiger partial charge in [-0.15, -0.1) is 0 Å². The third kappa shape index (κ3) is 9.08. The quantitative estimate of drug-likeness (QED) is 0.0761. The van der Waals surface area contributed by atoms with Gasteiger partial charge in [-0.1, -0.05) is 81.4 Å². The Hall–Kier alpha value is -3.90. The maximum absolute atomic E-state index is 12.6. The smallest absolute Gasteiger partial charge is 0.337 e. The molecule has 0 amide bonds. The number of carbonyl (C=O) groups excluding carboxylic acids is 1. The van der Waals surface area contributed by atoms with Crippen molar-refractivity contribution in [3.63, 3.8) is 0 Å². The number of benzene rings is 2. The molecule has 10 nitrogen and oxygen atoms in total. The minimum atomic E-state index is -2.61. The van der Waals surface area contributed by atoms with Gasteiger partial charge in [-0.3, -0.25) is 4.79 Å². The Morgan fingerprint density at radius 2 is 1.57 bits per heavy atom. The Kier molecular flexibility index (Phi) is 12.3. The molecule has 0 radical (unpaired) electrons. The highest BCUT2D eigenvalue weighted by Gasteiger charge is 2.51. The van der Waals surface area contributed by atoms with Crippen molar-refractivity contribution in [2.45, 2.75) is 123 Å². The fourth-order valence-electron chi connectivity index (χ4n) is 7.63. The molecule has 11 heteroatoms.